The van der Waals surface area contributed by atoms with E-state index in [0.29, 0.717) is 18.0 Å². The molecule has 0 unspecified atom stereocenters. The van der Waals surface area contributed by atoms with Gasteiger partial charge >= 0.3 is 0 Å². The van der Waals surface area contributed by atoms with Crippen LogP contribution in [0.5, 0.6) is 5.75 Å². The standard InChI is InChI=1S/C31H32N2O4S2/c1-4-37-27-16-14-26(15-17-27)33(39(35,36)29-20-18-28(38-3)19-21-29)22-30(34)32-31(24-8-6-5-7-9-24)25-12-10-23(2)11-13-25/h5-21,31H,4,22H2,1-3H3,(H,32,34)/t31-/m1/s1. The molecule has 0 aliphatic rings. The quantitative estimate of drug-likeness (QED) is 0.221. The minimum Gasteiger partial charge on any atom is -0.494 e. The van der Waals surface area contributed by atoms with E-state index in [1.165, 1.54) is 11.8 Å². The number of benzene rings is 4. The number of rotatable bonds is 11. The second-order valence-electron chi connectivity index (χ2n) is 8.94. The Balaban J connectivity index is 1.68. The highest BCUT2D eigenvalue weighted by molar-refractivity contribution is 7.98. The normalized spacial score (nSPS) is 12.0. The number of nitrogens with one attached hydrogen (secondary N) is 1. The molecule has 0 spiro atoms. The molecule has 1 atom stereocenters. The fraction of sp³-hybridized carbons (Fsp3) is 0.194. The van der Waals surface area contributed by atoms with Gasteiger partial charge in [0.15, 0.2) is 0 Å². The zero-order valence-corrected chi connectivity index (χ0v) is 23.8. The van der Waals surface area contributed by atoms with Gasteiger partial charge in [0.25, 0.3) is 10.0 Å². The molecule has 39 heavy (non-hydrogen) atoms. The van der Waals surface area contributed by atoms with Crippen molar-refractivity contribution in [3.63, 3.8) is 0 Å². The van der Waals surface area contributed by atoms with Crippen molar-refractivity contribution in [2.75, 3.05) is 23.7 Å². The molecule has 8 heteroatoms. The molecule has 4 rings (SSSR count). The molecule has 0 saturated heterocycles. The molecule has 4 aromatic carbocycles. The van der Waals surface area contributed by atoms with E-state index in [9.17, 15) is 13.2 Å². The van der Waals surface area contributed by atoms with Crippen molar-refractivity contribution in [2.45, 2.75) is 29.7 Å². The van der Waals surface area contributed by atoms with Crippen LogP contribution in [0.1, 0.15) is 29.7 Å². The Bertz CT molecular complexity index is 1470. The van der Waals surface area contributed by atoms with Crippen LogP contribution < -0.4 is 14.4 Å². The maximum atomic E-state index is 13.8. The lowest BCUT2D eigenvalue weighted by Crippen LogP contribution is -2.42. The van der Waals surface area contributed by atoms with Crippen LogP contribution in [0, 0.1) is 6.92 Å². The first-order valence-electron chi connectivity index (χ1n) is 12.6. The van der Waals surface area contributed by atoms with Gasteiger partial charge in [-0.2, -0.15) is 0 Å². The van der Waals surface area contributed by atoms with Crippen LogP contribution >= 0.6 is 11.8 Å². The summed E-state index contributed by atoms with van der Waals surface area (Å²) in [6.07, 6.45) is 1.93. The number of carbonyl (C=O) groups excluding carboxylic acids is 1. The fourth-order valence-electron chi connectivity index (χ4n) is 4.17. The minimum absolute atomic E-state index is 0.111. The number of hydrogen-bond donors (Lipinski definition) is 1. The maximum Gasteiger partial charge on any atom is 0.264 e. The molecule has 0 fully saturated rings. The van der Waals surface area contributed by atoms with Crippen molar-refractivity contribution in [3.8, 4) is 5.75 Å². The molecule has 1 N–H and O–H groups in total. The van der Waals surface area contributed by atoms with E-state index in [0.717, 1.165) is 25.9 Å². The SMILES string of the molecule is CCOc1ccc(N(CC(=O)N[C@H](c2ccccc2)c2ccc(C)cc2)S(=O)(=O)c2ccc(SC)cc2)cc1. The molecule has 0 radical (unpaired) electrons. The van der Waals surface area contributed by atoms with Crippen LogP contribution in [0.3, 0.4) is 0 Å². The van der Waals surface area contributed by atoms with Crippen LogP contribution in [0.2, 0.25) is 0 Å². The Labute approximate surface area is 235 Å². The van der Waals surface area contributed by atoms with E-state index < -0.39 is 28.5 Å². The van der Waals surface area contributed by atoms with Crippen LogP contribution in [-0.4, -0.2) is 33.7 Å². The number of carbonyl (C=O) groups is 1. The number of thioether (sulfide) groups is 1. The first-order chi connectivity index (χ1) is 18.8. The minimum atomic E-state index is -4.05. The van der Waals surface area contributed by atoms with Crippen molar-refractivity contribution in [1.82, 2.24) is 5.32 Å². The van der Waals surface area contributed by atoms with Gasteiger partial charge in [-0.15, -0.1) is 11.8 Å². The smallest absolute Gasteiger partial charge is 0.264 e. The molecule has 202 valence electrons. The summed E-state index contributed by atoms with van der Waals surface area (Å²) in [6.45, 7) is 3.98. The predicted molar refractivity (Wildman–Crippen MR) is 158 cm³/mol. The molecule has 0 bridgehead atoms. The van der Waals surface area contributed by atoms with Gasteiger partial charge < -0.3 is 10.1 Å². The zero-order valence-electron chi connectivity index (χ0n) is 22.2. The predicted octanol–water partition coefficient (Wildman–Crippen LogP) is 6.22. The van der Waals surface area contributed by atoms with Gasteiger partial charge in [-0.05, 0) is 79.8 Å². The second-order valence-corrected chi connectivity index (χ2v) is 11.7. The van der Waals surface area contributed by atoms with E-state index in [4.69, 9.17) is 4.74 Å². The zero-order chi connectivity index (χ0) is 27.8. The number of ether oxygens (including phenoxy) is 1. The van der Waals surface area contributed by atoms with E-state index in [-0.39, 0.29) is 4.90 Å². The average Bonchev–Trinajstić information content (AvgIpc) is 2.96. The Morgan fingerprint density at radius 3 is 2.08 bits per heavy atom. The summed E-state index contributed by atoms with van der Waals surface area (Å²) < 4.78 is 34.4. The maximum absolute atomic E-state index is 13.8. The van der Waals surface area contributed by atoms with Gasteiger partial charge in [0.2, 0.25) is 5.91 Å². The summed E-state index contributed by atoms with van der Waals surface area (Å²) in [5.41, 5.74) is 3.28. The van der Waals surface area contributed by atoms with Gasteiger partial charge in [0.05, 0.1) is 23.2 Å². The Hall–Kier alpha value is -3.75. The van der Waals surface area contributed by atoms with Gasteiger partial charge in [-0.3, -0.25) is 9.10 Å². The van der Waals surface area contributed by atoms with Crippen molar-refractivity contribution in [3.05, 3.63) is 120 Å². The highest BCUT2D eigenvalue weighted by Crippen LogP contribution is 2.28. The first kappa shape index (κ1) is 28.3. The van der Waals surface area contributed by atoms with Crippen molar-refractivity contribution < 1.29 is 17.9 Å². The monoisotopic (exact) mass is 560 g/mol. The molecule has 0 aliphatic heterocycles. The van der Waals surface area contributed by atoms with Crippen LogP contribution in [0.4, 0.5) is 5.69 Å². The van der Waals surface area contributed by atoms with Gasteiger partial charge in [-0.1, -0.05) is 60.2 Å². The van der Waals surface area contributed by atoms with Crippen molar-refractivity contribution in [2.24, 2.45) is 0 Å². The van der Waals surface area contributed by atoms with E-state index in [2.05, 4.69) is 5.32 Å². The molecule has 0 saturated carbocycles. The number of anilines is 1. The van der Waals surface area contributed by atoms with Crippen molar-refractivity contribution in [1.29, 1.82) is 0 Å². The summed E-state index contributed by atoms with van der Waals surface area (Å²) in [6, 6.07) is 30.5. The largest absolute Gasteiger partial charge is 0.494 e. The summed E-state index contributed by atoms with van der Waals surface area (Å²) in [5, 5.41) is 3.07. The first-order valence-corrected chi connectivity index (χ1v) is 15.3. The third kappa shape index (κ3) is 7.02. The van der Waals surface area contributed by atoms with Gasteiger partial charge in [0.1, 0.15) is 12.3 Å². The third-order valence-electron chi connectivity index (χ3n) is 6.22. The lowest BCUT2D eigenvalue weighted by molar-refractivity contribution is -0.120. The second kappa shape index (κ2) is 12.9. The number of hydrogen-bond acceptors (Lipinski definition) is 5. The Morgan fingerprint density at radius 1 is 0.872 bits per heavy atom. The summed E-state index contributed by atoms with van der Waals surface area (Å²) in [5.74, 6) is 0.193. The molecule has 0 aromatic heterocycles. The lowest BCUT2D eigenvalue weighted by atomic mass is 9.98. The topological polar surface area (TPSA) is 75.7 Å². The van der Waals surface area contributed by atoms with Crippen LogP contribution in [0.15, 0.2) is 113 Å². The highest BCUT2D eigenvalue weighted by atomic mass is 32.2. The molecule has 1 amide bonds. The number of nitrogens with zero attached hydrogens (tertiary/aromatic N) is 1. The molecule has 0 heterocycles. The number of aryl methyl sites for hydroxylation is 1. The third-order valence-corrected chi connectivity index (χ3v) is 8.75. The summed E-state index contributed by atoms with van der Waals surface area (Å²) in [7, 11) is -4.05. The summed E-state index contributed by atoms with van der Waals surface area (Å²) in [4.78, 5) is 14.6. The van der Waals surface area contributed by atoms with Crippen LogP contribution in [-0.2, 0) is 14.8 Å². The summed E-state index contributed by atoms with van der Waals surface area (Å²) >= 11 is 1.53. The highest BCUT2D eigenvalue weighted by Gasteiger charge is 2.28. The Morgan fingerprint density at radius 2 is 1.49 bits per heavy atom. The van der Waals surface area contributed by atoms with Crippen molar-refractivity contribution >= 4 is 33.4 Å². The molecule has 0 aliphatic carbocycles. The average molecular weight is 561 g/mol. The van der Waals surface area contributed by atoms with E-state index in [1.807, 2.05) is 74.7 Å². The molecule has 4 aromatic rings. The lowest BCUT2D eigenvalue weighted by Gasteiger charge is -2.26. The van der Waals surface area contributed by atoms with Gasteiger partial charge in [0, 0.05) is 4.90 Å². The van der Waals surface area contributed by atoms with Gasteiger partial charge in [-0.25, -0.2) is 8.42 Å². The van der Waals surface area contributed by atoms with E-state index in [1.54, 1.807) is 48.5 Å². The van der Waals surface area contributed by atoms with E-state index >= 15 is 0 Å². The molecular formula is C31H32N2O4S2. The van der Waals surface area contributed by atoms with Crippen LogP contribution in [0.25, 0.3) is 0 Å². The fourth-order valence-corrected chi connectivity index (χ4v) is 6.00. The molecular weight excluding hydrogens is 528 g/mol. The number of sulfonamides is 1. The number of amides is 1. The Kier molecular flexibility index (Phi) is 9.32. The molecule has 6 nitrogen and oxygen atoms in total.